The molecule has 18 heavy (non-hydrogen) atoms. The Morgan fingerprint density at radius 3 is 2.83 bits per heavy atom. The molecule has 0 amide bonds. The van der Waals surface area contributed by atoms with Gasteiger partial charge in [0, 0.05) is 22.8 Å². The first-order valence-electron chi connectivity index (χ1n) is 5.68. The summed E-state index contributed by atoms with van der Waals surface area (Å²) < 4.78 is 0.967. The number of H-pyrrole nitrogens is 1. The second-order valence-corrected chi connectivity index (χ2v) is 5.21. The van der Waals surface area contributed by atoms with Crippen LogP contribution in [0.15, 0.2) is 41.1 Å². The van der Waals surface area contributed by atoms with Gasteiger partial charge in [0.15, 0.2) is 0 Å². The number of aryl methyl sites for hydroxylation is 1. The summed E-state index contributed by atoms with van der Waals surface area (Å²) in [5, 5.41) is 9.08. The molecule has 0 radical (unpaired) electrons. The van der Waals surface area contributed by atoms with E-state index >= 15 is 0 Å². The van der Waals surface area contributed by atoms with E-state index in [9.17, 15) is 4.79 Å². The van der Waals surface area contributed by atoms with E-state index < -0.39 is 5.97 Å². The zero-order valence-corrected chi connectivity index (χ0v) is 11.6. The van der Waals surface area contributed by atoms with E-state index in [0.717, 1.165) is 21.2 Å². The minimum Gasteiger partial charge on any atom is -0.481 e. The highest BCUT2D eigenvalue weighted by Gasteiger charge is 2.20. The van der Waals surface area contributed by atoms with Gasteiger partial charge in [-0.1, -0.05) is 22.0 Å². The van der Waals surface area contributed by atoms with Gasteiger partial charge in [0.05, 0.1) is 6.42 Å². The molecule has 0 saturated heterocycles. The Bertz CT molecular complexity index is 549. The predicted octanol–water partition coefficient (Wildman–Crippen LogP) is 3.69. The summed E-state index contributed by atoms with van der Waals surface area (Å²) in [6.07, 6.45) is 3.76. The van der Waals surface area contributed by atoms with Gasteiger partial charge in [-0.15, -0.1) is 0 Å². The number of aromatic amines is 1. The number of halogens is 1. The molecule has 0 bridgehead atoms. The average molecular weight is 308 g/mol. The summed E-state index contributed by atoms with van der Waals surface area (Å²) in [4.78, 5) is 14.0. The maximum absolute atomic E-state index is 11.1. The molecule has 2 aromatic rings. The number of aliphatic carboxylic acids is 1. The lowest BCUT2D eigenvalue weighted by molar-refractivity contribution is -0.137. The molecule has 1 aromatic carbocycles. The molecule has 4 heteroatoms. The summed E-state index contributed by atoms with van der Waals surface area (Å²) in [5.74, 6) is -0.910. The molecule has 1 aromatic heterocycles. The zero-order chi connectivity index (χ0) is 13.1. The molecule has 3 nitrogen and oxygen atoms in total. The summed E-state index contributed by atoms with van der Waals surface area (Å²) in [7, 11) is 0. The predicted molar refractivity (Wildman–Crippen MR) is 73.8 cm³/mol. The van der Waals surface area contributed by atoms with Crippen molar-refractivity contribution in [3.8, 4) is 0 Å². The summed E-state index contributed by atoms with van der Waals surface area (Å²) in [5.41, 5.74) is 3.15. The van der Waals surface area contributed by atoms with Crippen molar-refractivity contribution < 1.29 is 9.90 Å². The fourth-order valence-corrected chi connectivity index (χ4v) is 2.50. The van der Waals surface area contributed by atoms with Crippen molar-refractivity contribution in [2.45, 2.75) is 19.3 Å². The summed E-state index contributed by atoms with van der Waals surface area (Å²) in [6.45, 7) is 2.00. The molecule has 2 rings (SSSR count). The van der Waals surface area contributed by atoms with E-state index in [1.807, 2.05) is 43.6 Å². The van der Waals surface area contributed by atoms with E-state index in [0.29, 0.717) is 0 Å². The van der Waals surface area contributed by atoms with Gasteiger partial charge in [0.25, 0.3) is 0 Å². The average Bonchev–Trinajstić information content (AvgIpc) is 2.82. The first kappa shape index (κ1) is 12.9. The lowest BCUT2D eigenvalue weighted by atomic mass is 9.87. The molecule has 0 aliphatic heterocycles. The Balaban J connectivity index is 2.46. The zero-order valence-electron chi connectivity index (χ0n) is 9.98. The van der Waals surface area contributed by atoms with Gasteiger partial charge < -0.3 is 10.1 Å². The Morgan fingerprint density at radius 1 is 1.44 bits per heavy atom. The van der Waals surface area contributed by atoms with Crippen molar-refractivity contribution in [1.29, 1.82) is 0 Å². The van der Waals surface area contributed by atoms with Crippen LogP contribution in [0.4, 0.5) is 0 Å². The van der Waals surface area contributed by atoms with Crippen LogP contribution in [-0.4, -0.2) is 16.1 Å². The maximum atomic E-state index is 11.1. The number of hydrogen-bond donors (Lipinski definition) is 2. The number of nitrogens with one attached hydrogen (secondary N) is 1. The standard InChI is InChI=1S/C14H14BrNO2/c1-9-2-3-11(15)6-12(9)13(7-14(17)18)10-4-5-16-8-10/h2-6,8,13,16H,7H2,1H3,(H,17,18). The molecule has 0 aliphatic carbocycles. The Kier molecular flexibility index (Phi) is 3.87. The lowest BCUT2D eigenvalue weighted by Crippen LogP contribution is -2.08. The van der Waals surface area contributed by atoms with Gasteiger partial charge in [0.2, 0.25) is 0 Å². The lowest BCUT2D eigenvalue weighted by Gasteiger charge is -2.17. The van der Waals surface area contributed by atoms with Crippen LogP contribution in [0.25, 0.3) is 0 Å². The molecule has 0 aliphatic rings. The monoisotopic (exact) mass is 307 g/mol. The van der Waals surface area contributed by atoms with Gasteiger partial charge in [-0.05, 0) is 41.8 Å². The number of rotatable bonds is 4. The molecule has 0 fully saturated rings. The third-order valence-corrected chi connectivity index (χ3v) is 3.51. The first-order chi connectivity index (χ1) is 8.58. The number of carboxylic acids is 1. The van der Waals surface area contributed by atoms with Crippen molar-refractivity contribution in [2.24, 2.45) is 0 Å². The second-order valence-electron chi connectivity index (χ2n) is 4.30. The molecular weight excluding hydrogens is 294 g/mol. The summed E-state index contributed by atoms with van der Waals surface area (Å²) >= 11 is 3.44. The van der Waals surface area contributed by atoms with Crippen LogP contribution in [-0.2, 0) is 4.79 Å². The molecule has 1 atom stereocenters. The van der Waals surface area contributed by atoms with E-state index in [2.05, 4.69) is 20.9 Å². The molecule has 0 spiro atoms. The van der Waals surface area contributed by atoms with E-state index in [4.69, 9.17) is 5.11 Å². The summed E-state index contributed by atoms with van der Waals surface area (Å²) in [6, 6.07) is 7.89. The minimum atomic E-state index is -0.791. The third-order valence-electron chi connectivity index (χ3n) is 3.02. The van der Waals surface area contributed by atoms with Crippen LogP contribution in [0.3, 0.4) is 0 Å². The fraction of sp³-hybridized carbons (Fsp3) is 0.214. The number of hydrogen-bond acceptors (Lipinski definition) is 1. The smallest absolute Gasteiger partial charge is 0.304 e. The Morgan fingerprint density at radius 2 is 2.22 bits per heavy atom. The number of benzene rings is 1. The van der Waals surface area contributed by atoms with Gasteiger partial charge in [-0.25, -0.2) is 0 Å². The van der Waals surface area contributed by atoms with Crippen LogP contribution >= 0.6 is 15.9 Å². The van der Waals surface area contributed by atoms with Crippen LogP contribution < -0.4 is 0 Å². The van der Waals surface area contributed by atoms with Gasteiger partial charge in [-0.3, -0.25) is 4.79 Å². The van der Waals surface area contributed by atoms with Crippen LogP contribution in [0.1, 0.15) is 29.0 Å². The van der Waals surface area contributed by atoms with Crippen molar-refractivity contribution in [3.05, 3.63) is 57.8 Å². The maximum Gasteiger partial charge on any atom is 0.304 e. The van der Waals surface area contributed by atoms with Gasteiger partial charge >= 0.3 is 5.97 Å². The van der Waals surface area contributed by atoms with Crippen molar-refractivity contribution >= 4 is 21.9 Å². The van der Waals surface area contributed by atoms with E-state index in [1.165, 1.54) is 0 Å². The highest BCUT2D eigenvalue weighted by Crippen LogP contribution is 2.32. The fourth-order valence-electron chi connectivity index (χ4n) is 2.12. The normalized spacial score (nSPS) is 12.3. The molecular formula is C14H14BrNO2. The first-order valence-corrected chi connectivity index (χ1v) is 6.47. The number of carboxylic acid groups (broad SMARTS) is 1. The van der Waals surface area contributed by atoms with Gasteiger partial charge in [-0.2, -0.15) is 0 Å². The van der Waals surface area contributed by atoms with E-state index in [1.54, 1.807) is 0 Å². The Labute approximate surface area is 114 Å². The molecule has 1 heterocycles. The molecule has 0 saturated carbocycles. The van der Waals surface area contributed by atoms with Crippen LogP contribution in [0.5, 0.6) is 0 Å². The highest BCUT2D eigenvalue weighted by molar-refractivity contribution is 9.10. The largest absolute Gasteiger partial charge is 0.481 e. The number of carbonyl (C=O) groups is 1. The van der Waals surface area contributed by atoms with Crippen molar-refractivity contribution in [3.63, 3.8) is 0 Å². The van der Waals surface area contributed by atoms with E-state index in [-0.39, 0.29) is 12.3 Å². The number of aromatic nitrogens is 1. The molecule has 94 valence electrons. The molecule has 2 N–H and O–H groups in total. The highest BCUT2D eigenvalue weighted by atomic mass is 79.9. The van der Waals surface area contributed by atoms with Crippen molar-refractivity contribution in [1.82, 2.24) is 4.98 Å². The van der Waals surface area contributed by atoms with Crippen LogP contribution in [0, 0.1) is 6.92 Å². The van der Waals surface area contributed by atoms with Gasteiger partial charge in [0.1, 0.15) is 0 Å². The Hall–Kier alpha value is -1.55. The SMILES string of the molecule is Cc1ccc(Br)cc1C(CC(=O)O)c1cc[nH]c1. The topological polar surface area (TPSA) is 53.1 Å². The third kappa shape index (κ3) is 2.82. The second kappa shape index (κ2) is 5.40. The minimum absolute atomic E-state index is 0.0924. The molecule has 1 unspecified atom stereocenters. The van der Waals surface area contributed by atoms with Crippen LogP contribution in [0.2, 0.25) is 0 Å². The quantitative estimate of drug-likeness (QED) is 0.905. The van der Waals surface area contributed by atoms with Crippen molar-refractivity contribution in [2.75, 3.05) is 0 Å².